The van der Waals surface area contributed by atoms with Crippen molar-refractivity contribution in [2.75, 3.05) is 0 Å². The standard InChI is InChI=1S/C41H35NO2P2/c1-41(2)34-24-15-25-35(45(30-16-7-3-8-17-30)31-18-9-4-10-19-31)39(34)44-40-36(27-26-29(38(40)41)28-37(42)43)46(32-20-11-5-12-21-32)33-22-13-6-14-23-33/h3-27H,28H2,1-2H3,(H2,42,43). The van der Waals surface area contributed by atoms with Gasteiger partial charge in [0.2, 0.25) is 5.91 Å². The minimum atomic E-state index is -0.973. The Balaban J connectivity index is 1.50. The molecule has 0 saturated heterocycles. The van der Waals surface area contributed by atoms with Crippen molar-refractivity contribution in [3.05, 3.63) is 168 Å². The van der Waals surface area contributed by atoms with Crippen molar-refractivity contribution in [1.82, 2.24) is 0 Å². The minimum absolute atomic E-state index is 0.153. The average Bonchev–Trinajstić information content (AvgIpc) is 3.08. The number of hydrogen-bond acceptors (Lipinski definition) is 2. The fourth-order valence-corrected chi connectivity index (χ4v) is 11.4. The molecule has 2 N–H and O–H groups in total. The molecule has 1 aliphatic heterocycles. The van der Waals surface area contributed by atoms with E-state index in [9.17, 15) is 4.79 Å². The number of primary amides is 1. The topological polar surface area (TPSA) is 52.3 Å². The Morgan fingerprint density at radius 3 is 1.43 bits per heavy atom. The first-order valence-electron chi connectivity index (χ1n) is 15.5. The largest absolute Gasteiger partial charge is 0.455 e. The zero-order valence-electron chi connectivity index (χ0n) is 25.9. The molecule has 0 bridgehead atoms. The van der Waals surface area contributed by atoms with Gasteiger partial charge in [-0.05, 0) is 48.7 Å². The molecular weight excluding hydrogens is 600 g/mol. The number of ether oxygens (including phenoxy) is 1. The number of hydrogen-bond donors (Lipinski definition) is 1. The van der Waals surface area contributed by atoms with Gasteiger partial charge in [-0.15, -0.1) is 0 Å². The van der Waals surface area contributed by atoms with Crippen LogP contribution in [0.2, 0.25) is 0 Å². The van der Waals surface area contributed by atoms with E-state index in [2.05, 4.69) is 166 Å². The lowest BCUT2D eigenvalue weighted by atomic mass is 9.73. The van der Waals surface area contributed by atoms with Gasteiger partial charge in [0.05, 0.1) is 6.42 Å². The van der Waals surface area contributed by atoms with Crippen molar-refractivity contribution in [2.45, 2.75) is 25.7 Å². The number of carbonyl (C=O) groups excluding carboxylic acids is 1. The second kappa shape index (κ2) is 12.7. The van der Waals surface area contributed by atoms with E-state index in [-0.39, 0.29) is 12.3 Å². The van der Waals surface area contributed by atoms with Gasteiger partial charge in [0.15, 0.2) is 0 Å². The van der Waals surface area contributed by atoms with E-state index < -0.39 is 21.3 Å². The molecule has 0 saturated carbocycles. The molecule has 46 heavy (non-hydrogen) atoms. The highest BCUT2D eigenvalue weighted by atomic mass is 31.1. The van der Waals surface area contributed by atoms with Crippen LogP contribution in [0.3, 0.4) is 0 Å². The van der Waals surface area contributed by atoms with Gasteiger partial charge < -0.3 is 10.5 Å². The van der Waals surface area contributed by atoms with E-state index in [4.69, 9.17) is 10.5 Å². The van der Waals surface area contributed by atoms with Gasteiger partial charge in [0, 0.05) is 27.2 Å². The smallest absolute Gasteiger partial charge is 0.221 e. The minimum Gasteiger partial charge on any atom is -0.455 e. The molecule has 226 valence electrons. The Hall–Kier alpha value is -4.55. The summed E-state index contributed by atoms with van der Waals surface area (Å²) in [4.78, 5) is 12.4. The van der Waals surface area contributed by atoms with Gasteiger partial charge in [-0.1, -0.05) is 159 Å². The summed E-state index contributed by atoms with van der Waals surface area (Å²) < 4.78 is 7.33. The Morgan fingerprint density at radius 1 is 0.565 bits per heavy atom. The monoisotopic (exact) mass is 635 g/mol. The van der Waals surface area contributed by atoms with E-state index >= 15 is 0 Å². The SMILES string of the molecule is CC1(C)c2cccc(P(c3ccccc3)c3ccccc3)c2Oc2c(P(c3ccccc3)c3ccccc3)ccc(CC(N)=O)c21. The maximum Gasteiger partial charge on any atom is 0.221 e. The molecule has 5 heteroatoms. The molecule has 3 nitrogen and oxygen atoms in total. The lowest BCUT2D eigenvalue weighted by Crippen LogP contribution is -2.34. The molecule has 0 fully saturated rings. The summed E-state index contributed by atoms with van der Waals surface area (Å²) in [5, 5.41) is 7.33. The number of para-hydroxylation sites is 1. The molecule has 1 aliphatic rings. The quantitative estimate of drug-likeness (QED) is 0.190. The Kier molecular flexibility index (Phi) is 8.31. The lowest BCUT2D eigenvalue weighted by molar-refractivity contribution is -0.117. The fourth-order valence-electron chi connectivity index (χ4n) is 6.61. The highest BCUT2D eigenvalue weighted by Gasteiger charge is 2.41. The normalized spacial score (nSPS) is 13.1. The van der Waals surface area contributed by atoms with Gasteiger partial charge in [0.25, 0.3) is 0 Å². The van der Waals surface area contributed by atoms with Gasteiger partial charge in [-0.2, -0.15) is 0 Å². The third-order valence-electron chi connectivity index (χ3n) is 8.62. The van der Waals surface area contributed by atoms with Crippen molar-refractivity contribution in [2.24, 2.45) is 5.73 Å². The first-order chi connectivity index (χ1) is 22.4. The molecule has 0 spiro atoms. The molecule has 7 rings (SSSR count). The summed E-state index contributed by atoms with van der Waals surface area (Å²) in [6.07, 6.45) is 0.153. The van der Waals surface area contributed by atoms with E-state index in [0.29, 0.717) is 0 Å². The number of nitrogens with two attached hydrogens (primary N) is 1. The number of benzene rings is 6. The summed E-state index contributed by atoms with van der Waals surface area (Å²) in [7, 11) is -1.89. The van der Waals surface area contributed by atoms with Crippen molar-refractivity contribution >= 4 is 53.6 Å². The average molecular weight is 636 g/mol. The van der Waals surface area contributed by atoms with Crippen LogP contribution < -0.4 is 42.3 Å². The maximum absolute atomic E-state index is 12.4. The van der Waals surface area contributed by atoms with Gasteiger partial charge in [0.1, 0.15) is 11.5 Å². The van der Waals surface area contributed by atoms with E-state index in [1.54, 1.807) is 0 Å². The molecule has 1 heterocycles. The van der Waals surface area contributed by atoms with E-state index in [0.717, 1.165) is 33.5 Å². The van der Waals surface area contributed by atoms with Crippen LogP contribution in [0.15, 0.2) is 152 Å². The van der Waals surface area contributed by atoms with Crippen LogP contribution in [-0.4, -0.2) is 5.91 Å². The number of fused-ring (bicyclic) bond motifs is 2. The van der Waals surface area contributed by atoms with E-state index in [1.807, 2.05) is 0 Å². The molecule has 0 aromatic heterocycles. The molecule has 0 aliphatic carbocycles. The Labute approximate surface area is 273 Å². The van der Waals surface area contributed by atoms with Crippen LogP contribution in [0.25, 0.3) is 0 Å². The maximum atomic E-state index is 12.4. The zero-order chi connectivity index (χ0) is 31.7. The summed E-state index contributed by atoms with van der Waals surface area (Å²) >= 11 is 0. The van der Waals surface area contributed by atoms with Gasteiger partial charge in [-0.25, -0.2) is 0 Å². The second-order valence-corrected chi connectivity index (χ2v) is 16.4. The third-order valence-corrected chi connectivity index (χ3v) is 13.6. The van der Waals surface area contributed by atoms with Crippen molar-refractivity contribution in [3.63, 3.8) is 0 Å². The number of rotatable bonds is 8. The highest BCUT2D eigenvalue weighted by molar-refractivity contribution is 7.80. The predicted octanol–water partition coefficient (Wildman–Crippen LogP) is 6.66. The van der Waals surface area contributed by atoms with Crippen molar-refractivity contribution in [1.29, 1.82) is 0 Å². The van der Waals surface area contributed by atoms with Crippen LogP contribution >= 0.6 is 15.8 Å². The summed E-state index contributed by atoms with van der Waals surface area (Å²) in [5.74, 6) is 1.40. The van der Waals surface area contributed by atoms with Crippen LogP contribution in [0.1, 0.15) is 30.5 Å². The Morgan fingerprint density at radius 2 is 1.00 bits per heavy atom. The second-order valence-electron chi connectivity index (χ2n) is 12.0. The summed E-state index contributed by atoms with van der Waals surface area (Å²) in [6, 6.07) is 53.7. The molecule has 0 unspecified atom stereocenters. The van der Waals surface area contributed by atoms with Crippen LogP contribution in [0, 0.1) is 0 Å². The Bertz CT molecular complexity index is 1920. The fraction of sp³-hybridized carbons (Fsp3) is 0.0976. The molecule has 6 aromatic rings. The van der Waals surface area contributed by atoms with Gasteiger partial charge >= 0.3 is 0 Å². The zero-order valence-corrected chi connectivity index (χ0v) is 27.7. The number of carbonyl (C=O) groups is 1. The van der Waals surface area contributed by atoms with Gasteiger partial charge in [-0.3, -0.25) is 4.79 Å². The predicted molar refractivity (Wildman–Crippen MR) is 195 cm³/mol. The third kappa shape index (κ3) is 5.56. The van der Waals surface area contributed by atoms with Crippen LogP contribution in [0.4, 0.5) is 0 Å². The van der Waals surface area contributed by atoms with Crippen molar-refractivity contribution < 1.29 is 9.53 Å². The molecule has 6 aromatic carbocycles. The first-order valence-corrected chi connectivity index (χ1v) is 18.2. The summed E-state index contributed by atoms with van der Waals surface area (Å²) in [5.41, 5.74) is 8.45. The van der Waals surface area contributed by atoms with Crippen molar-refractivity contribution in [3.8, 4) is 11.5 Å². The van der Waals surface area contributed by atoms with Crippen LogP contribution in [0.5, 0.6) is 11.5 Å². The molecular formula is C41H35NO2P2. The first kappa shape index (κ1) is 30.1. The van der Waals surface area contributed by atoms with Crippen LogP contribution in [-0.2, 0) is 16.6 Å². The molecule has 1 amide bonds. The molecule has 0 radical (unpaired) electrons. The lowest BCUT2D eigenvalue weighted by Gasteiger charge is -2.39. The number of amides is 1. The van der Waals surface area contributed by atoms with E-state index in [1.165, 1.54) is 26.5 Å². The highest BCUT2D eigenvalue weighted by Crippen LogP contribution is 2.53. The summed E-state index contributed by atoms with van der Waals surface area (Å²) in [6.45, 7) is 4.51. The molecule has 0 atom stereocenters.